The Kier molecular flexibility index (Phi) is 7.53. The van der Waals surface area contributed by atoms with Gasteiger partial charge in [-0.25, -0.2) is 0 Å². The van der Waals surface area contributed by atoms with Crippen LogP contribution < -0.4 is 20.5 Å². The summed E-state index contributed by atoms with van der Waals surface area (Å²) >= 11 is 0. The van der Waals surface area contributed by atoms with Gasteiger partial charge in [-0.2, -0.15) is 0 Å². The number of nitro groups is 1. The molecule has 0 fully saturated rings. The first-order valence-electron chi connectivity index (χ1n) is 8.97. The molecule has 9 nitrogen and oxygen atoms in total. The summed E-state index contributed by atoms with van der Waals surface area (Å²) in [6.45, 7) is 3.08. The van der Waals surface area contributed by atoms with Gasteiger partial charge in [-0.15, -0.1) is 5.75 Å². The second kappa shape index (κ2) is 10.1. The molecule has 0 aliphatic carbocycles. The van der Waals surface area contributed by atoms with E-state index in [0.29, 0.717) is 5.75 Å². The van der Waals surface area contributed by atoms with Crippen molar-refractivity contribution in [1.29, 1.82) is 0 Å². The number of carbonyl (C=O) groups excluding carboxylic acids is 2. The summed E-state index contributed by atoms with van der Waals surface area (Å²) < 4.78 is 5.36. The summed E-state index contributed by atoms with van der Waals surface area (Å²) in [5.74, 6) is -1.09. The number of carbonyl (C=O) groups is 2. The van der Waals surface area contributed by atoms with E-state index in [1.165, 1.54) is 0 Å². The lowest BCUT2D eigenvalue weighted by Gasteiger charge is -2.22. The Labute approximate surface area is 167 Å². The molecule has 0 aliphatic heterocycles. The third-order valence-electron chi connectivity index (χ3n) is 4.09. The lowest BCUT2D eigenvalue weighted by molar-refractivity contribution is -0.385. The van der Waals surface area contributed by atoms with E-state index >= 15 is 0 Å². The van der Waals surface area contributed by atoms with Crippen molar-refractivity contribution in [3.63, 3.8) is 0 Å². The van der Waals surface area contributed by atoms with Crippen LogP contribution >= 0.6 is 0 Å². The molecule has 0 heterocycles. The monoisotopic (exact) mass is 400 g/mol. The highest BCUT2D eigenvalue weighted by Gasteiger charge is 2.24. The van der Waals surface area contributed by atoms with E-state index in [1.807, 2.05) is 6.07 Å². The molecule has 2 rings (SSSR count). The third-order valence-corrected chi connectivity index (χ3v) is 4.09. The van der Waals surface area contributed by atoms with Gasteiger partial charge in [0.1, 0.15) is 11.8 Å². The van der Waals surface area contributed by atoms with Crippen molar-refractivity contribution in [1.82, 2.24) is 10.6 Å². The number of amides is 2. The van der Waals surface area contributed by atoms with Crippen LogP contribution in [0.15, 0.2) is 48.5 Å². The first-order chi connectivity index (χ1) is 13.8. The molecule has 1 atom stereocenters. The number of non-ortho nitro benzene ring substituents is 1. The van der Waals surface area contributed by atoms with E-state index in [2.05, 4.69) is 10.6 Å². The maximum Gasteiger partial charge on any atom is 0.269 e. The number of nitrogens with zero attached hydrogens (tertiary/aromatic N) is 1. The molecule has 0 radical (unpaired) electrons. The second-order valence-corrected chi connectivity index (χ2v) is 6.66. The quantitative estimate of drug-likeness (QED) is 0.484. The minimum atomic E-state index is -0.851. The summed E-state index contributed by atoms with van der Waals surface area (Å²) in [5.41, 5.74) is -0.144. The molecule has 2 aromatic rings. The molecule has 0 spiro atoms. The second-order valence-electron chi connectivity index (χ2n) is 6.66. The van der Waals surface area contributed by atoms with Crippen molar-refractivity contribution in [2.75, 3.05) is 6.61 Å². The van der Waals surface area contributed by atoms with Crippen LogP contribution in [0.4, 0.5) is 5.69 Å². The molecule has 0 unspecified atom stereocenters. The largest absolute Gasteiger partial charge is 0.872 e. The molecule has 0 aromatic heterocycles. The number of ether oxygens (including phenoxy) is 1. The summed E-state index contributed by atoms with van der Waals surface area (Å²) in [5, 5.41) is 27.8. The van der Waals surface area contributed by atoms with Crippen LogP contribution in [-0.2, 0) is 16.1 Å². The summed E-state index contributed by atoms with van der Waals surface area (Å²) in [7, 11) is 0. The molecule has 2 aromatic carbocycles. The first-order valence-corrected chi connectivity index (χ1v) is 8.97. The van der Waals surface area contributed by atoms with Crippen molar-refractivity contribution in [2.45, 2.75) is 26.4 Å². The Morgan fingerprint density at radius 3 is 2.45 bits per heavy atom. The van der Waals surface area contributed by atoms with Crippen molar-refractivity contribution >= 4 is 17.5 Å². The van der Waals surface area contributed by atoms with E-state index in [9.17, 15) is 24.8 Å². The predicted octanol–water partition coefficient (Wildman–Crippen LogP) is 1.50. The van der Waals surface area contributed by atoms with Gasteiger partial charge in [-0.05, 0) is 23.6 Å². The Balaban J connectivity index is 1.94. The molecule has 0 saturated carbocycles. The molecule has 154 valence electrons. The average molecular weight is 400 g/mol. The molecular weight excluding hydrogens is 378 g/mol. The SMILES string of the molecule is CC(C)[C@H](NC(=O)COc1ccccc1)C(=O)NCc1cc([N+](=O)[O-])ccc1[O-]. The number of benzene rings is 2. The van der Waals surface area contributed by atoms with Crippen molar-refractivity contribution < 1.29 is 24.4 Å². The lowest BCUT2D eigenvalue weighted by Crippen LogP contribution is -2.50. The zero-order chi connectivity index (χ0) is 21.4. The molecule has 29 heavy (non-hydrogen) atoms. The summed E-state index contributed by atoms with van der Waals surface area (Å²) in [6.07, 6.45) is 0. The number of hydrogen-bond donors (Lipinski definition) is 2. The van der Waals surface area contributed by atoms with Gasteiger partial charge in [0.05, 0.1) is 4.92 Å². The maximum atomic E-state index is 12.5. The van der Waals surface area contributed by atoms with Gasteiger partial charge >= 0.3 is 0 Å². The van der Waals surface area contributed by atoms with Crippen LogP contribution in [0.3, 0.4) is 0 Å². The Morgan fingerprint density at radius 2 is 1.83 bits per heavy atom. The number of para-hydroxylation sites is 1. The third kappa shape index (κ3) is 6.49. The van der Waals surface area contributed by atoms with Crippen LogP contribution in [0, 0.1) is 16.0 Å². The van der Waals surface area contributed by atoms with Gasteiger partial charge in [0, 0.05) is 18.7 Å². The van der Waals surface area contributed by atoms with Gasteiger partial charge in [0.15, 0.2) is 6.61 Å². The van der Waals surface area contributed by atoms with Gasteiger partial charge in [-0.3, -0.25) is 19.7 Å². The minimum Gasteiger partial charge on any atom is -0.872 e. The molecule has 2 N–H and O–H groups in total. The number of rotatable bonds is 9. The molecule has 2 amide bonds. The van der Waals surface area contributed by atoms with E-state index < -0.39 is 28.5 Å². The lowest BCUT2D eigenvalue weighted by atomic mass is 10.0. The highest BCUT2D eigenvalue weighted by Crippen LogP contribution is 2.20. The van der Waals surface area contributed by atoms with Crippen LogP contribution in [0.5, 0.6) is 11.5 Å². The van der Waals surface area contributed by atoms with Gasteiger partial charge < -0.3 is 20.5 Å². The minimum absolute atomic E-state index is 0.0915. The van der Waals surface area contributed by atoms with Crippen molar-refractivity contribution in [3.05, 3.63) is 64.2 Å². The fourth-order valence-electron chi connectivity index (χ4n) is 2.53. The van der Waals surface area contributed by atoms with Gasteiger partial charge in [0.2, 0.25) is 5.91 Å². The highest BCUT2D eigenvalue weighted by molar-refractivity contribution is 5.88. The normalized spacial score (nSPS) is 11.6. The van der Waals surface area contributed by atoms with Crippen LogP contribution in [0.2, 0.25) is 0 Å². The highest BCUT2D eigenvalue weighted by atomic mass is 16.6. The molecule has 0 saturated heterocycles. The topological polar surface area (TPSA) is 134 Å². The predicted molar refractivity (Wildman–Crippen MR) is 103 cm³/mol. The molecule has 0 aliphatic rings. The fraction of sp³-hybridized carbons (Fsp3) is 0.300. The van der Waals surface area contributed by atoms with Crippen molar-refractivity contribution in [3.8, 4) is 11.5 Å². The standard InChI is InChI=1S/C20H23N3O6/c1-13(2)19(22-18(25)12-29-16-6-4-3-5-7-16)20(26)21-11-14-10-15(23(27)28)8-9-17(14)24/h3-10,13,19,24H,11-12H2,1-2H3,(H,21,26)(H,22,25)/p-1/t19-/m0/s1. The van der Waals surface area contributed by atoms with Crippen LogP contribution in [0.1, 0.15) is 19.4 Å². The van der Waals surface area contributed by atoms with Gasteiger partial charge in [-0.1, -0.05) is 38.1 Å². The Hall–Kier alpha value is -3.62. The van der Waals surface area contributed by atoms with E-state index in [0.717, 1.165) is 18.2 Å². The first kappa shape index (κ1) is 21.7. The van der Waals surface area contributed by atoms with E-state index in [-0.39, 0.29) is 30.3 Å². The maximum absolute atomic E-state index is 12.5. The number of hydrogen-bond acceptors (Lipinski definition) is 6. The van der Waals surface area contributed by atoms with Crippen molar-refractivity contribution in [2.24, 2.45) is 5.92 Å². The van der Waals surface area contributed by atoms with Crippen LogP contribution in [0.25, 0.3) is 0 Å². The number of nitro benzene ring substituents is 1. The van der Waals surface area contributed by atoms with E-state index in [1.54, 1.807) is 38.1 Å². The zero-order valence-electron chi connectivity index (χ0n) is 16.1. The number of nitrogens with one attached hydrogen (secondary N) is 2. The average Bonchev–Trinajstić information content (AvgIpc) is 2.70. The summed E-state index contributed by atoms with van der Waals surface area (Å²) in [4.78, 5) is 34.9. The van der Waals surface area contributed by atoms with Gasteiger partial charge in [0.25, 0.3) is 11.6 Å². The Morgan fingerprint density at radius 1 is 1.14 bits per heavy atom. The summed E-state index contributed by atoms with van der Waals surface area (Å²) in [6, 6.07) is 11.3. The molecule has 9 heteroatoms. The molecule has 0 bridgehead atoms. The van der Waals surface area contributed by atoms with Crippen LogP contribution in [-0.4, -0.2) is 29.4 Å². The fourth-order valence-corrected chi connectivity index (χ4v) is 2.53. The smallest absolute Gasteiger partial charge is 0.269 e. The zero-order valence-corrected chi connectivity index (χ0v) is 16.1. The Bertz CT molecular complexity index is 870. The van der Waals surface area contributed by atoms with E-state index in [4.69, 9.17) is 4.74 Å². The molecular formula is C20H22N3O6-.